The highest BCUT2D eigenvalue weighted by Gasteiger charge is 2.07. The Morgan fingerprint density at radius 1 is 0.256 bits per heavy atom. The molecule has 0 aromatic carbocycles. The van der Waals surface area contributed by atoms with Crippen LogP contribution in [-0.4, -0.2) is 254 Å². The maximum atomic E-state index is 5.91. The van der Waals surface area contributed by atoms with Gasteiger partial charge in [-0.2, -0.15) is 0 Å². The lowest BCUT2D eigenvalue weighted by Crippen LogP contribution is -2.15. The third-order valence-electron chi connectivity index (χ3n) is 9.99. The average molecular weight is 1150 g/mol. The van der Waals surface area contributed by atoms with Crippen molar-refractivity contribution in [2.75, 3.05) is 240 Å². The van der Waals surface area contributed by atoms with Gasteiger partial charge in [0.1, 0.15) is 64.6 Å². The predicted octanol–water partition coefficient (Wildman–Crippen LogP) is 2.90. The second-order valence-electron chi connectivity index (χ2n) is 16.3. The number of rotatable bonds is 53. The third kappa shape index (κ3) is 39.8. The van der Waals surface area contributed by atoms with Gasteiger partial charge in [0.15, 0.2) is 6.79 Å². The van der Waals surface area contributed by atoms with Gasteiger partial charge in [-0.05, 0) is 23.7 Å². The van der Waals surface area contributed by atoms with Crippen LogP contribution in [0.2, 0.25) is 0 Å². The molecule has 0 aliphatic rings. The molecule has 0 atom stereocenters. The van der Waals surface area contributed by atoms with Crippen molar-refractivity contribution < 1.29 is 94.7 Å². The number of hydrogen-bond acceptors (Lipinski definition) is 23. The SMILES string of the molecule is C#Cc1cc(OCCOCCOCCOCCOCCOCCOCCOCCOC)cc(C#Cc2cc(OCOC)cc(C#Cc3cc(OCCOCCOCCOCCOCCOCCOCCOCCOC)cc(C#C)n3)n2)n1. The minimum absolute atomic E-state index is 0.0122. The summed E-state index contributed by atoms with van der Waals surface area (Å²) in [5.41, 5.74) is 2.11. The molecule has 3 rings (SSSR count). The predicted molar refractivity (Wildman–Crippen MR) is 299 cm³/mol. The summed E-state index contributed by atoms with van der Waals surface area (Å²) in [5, 5.41) is 0. The molecule has 0 amide bonds. The van der Waals surface area contributed by atoms with Crippen molar-refractivity contribution in [3.63, 3.8) is 0 Å². The lowest BCUT2D eigenvalue weighted by molar-refractivity contribution is -0.0227. The summed E-state index contributed by atoms with van der Waals surface area (Å²) in [7, 11) is 4.79. The first-order valence-corrected chi connectivity index (χ1v) is 27.0. The lowest BCUT2D eigenvalue weighted by atomic mass is 10.2. The number of ether oxygens (including phenoxy) is 20. The second kappa shape index (κ2) is 52.2. The Hall–Kier alpha value is -5.59. The Kier molecular flexibility index (Phi) is 45.0. The first kappa shape index (κ1) is 70.7. The van der Waals surface area contributed by atoms with E-state index >= 15 is 0 Å². The van der Waals surface area contributed by atoms with Crippen molar-refractivity contribution in [3.05, 3.63) is 70.6 Å². The molecule has 0 fully saturated rings. The quantitative estimate of drug-likeness (QED) is 0.0450. The molecule has 23 heteroatoms. The molecule has 3 aromatic heterocycles. The van der Waals surface area contributed by atoms with E-state index in [2.05, 4.69) is 50.5 Å². The summed E-state index contributed by atoms with van der Waals surface area (Å²) in [6.45, 7) is 14.6. The largest absolute Gasteiger partial charge is 0.491 e. The van der Waals surface area contributed by atoms with Crippen LogP contribution in [0, 0.1) is 48.4 Å². The van der Waals surface area contributed by atoms with Crippen LogP contribution in [0.15, 0.2) is 36.4 Å². The third-order valence-corrected chi connectivity index (χ3v) is 9.99. The van der Waals surface area contributed by atoms with Gasteiger partial charge in [-0.1, -0.05) is 11.8 Å². The van der Waals surface area contributed by atoms with E-state index in [0.717, 1.165) is 0 Å². The zero-order valence-corrected chi connectivity index (χ0v) is 48.0. The van der Waals surface area contributed by atoms with E-state index in [1.165, 1.54) is 7.11 Å². The van der Waals surface area contributed by atoms with E-state index in [1.807, 2.05) is 0 Å². The molecule has 3 heterocycles. The number of aromatic nitrogens is 3. The molecule has 0 aliphatic heterocycles. The van der Waals surface area contributed by atoms with Gasteiger partial charge in [-0.15, -0.1) is 12.8 Å². The van der Waals surface area contributed by atoms with Gasteiger partial charge in [0.25, 0.3) is 0 Å². The molecule has 0 bridgehead atoms. The maximum Gasteiger partial charge on any atom is 0.188 e. The first-order chi connectivity index (χ1) is 40.6. The number of nitrogens with zero attached hydrogens (tertiary/aromatic N) is 3. The van der Waals surface area contributed by atoms with Gasteiger partial charge >= 0.3 is 0 Å². The zero-order chi connectivity index (χ0) is 58.3. The van der Waals surface area contributed by atoms with Crippen molar-refractivity contribution in [3.8, 4) is 65.6 Å². The van der Waals surface area contributed by atoms with Crippen LogP contribution >= 0.6 is 0 Å². The maximum absolute atomic E-state index is 5.91. The van der Waals surface area contributed by atoms with Crippen LogP contribution in [0.4, 0.5) is 0 Å². The van der Waals surface area contributed by atoms with Gasteiger partial charge < -0.3 is 94.7 Å². The van der Waals surface area contributed by atoms with E-state index in [0.29, 0.717) is 250 Å². The molecule has 0 unspecified atom stereocenters. The van der Waals surface area contributed by atoms with Crippen LogP contribution in [0.3, 0.4) is 0 Å². The highest BCUT2D eigenvalue weighted by atomic mass is 16.7. The Morgan fingerprint density at radius 3 is 0.671 bits per heavy atom. The Morgan fingerprint density at radius 2 is 0.451 bits per heavy atom. The molecule has 0 saturated heterocycles. The monoisotopic (exact) mass is 1150 g/mol. The molecule has 82 heavy (non-hydrogen) atoms. The van der Waals surface area contributed by atoms with Crippen molar-refractivity contribution in [2.24, 2.45) is 0 Å². The molecule has 0 radical (unpaired) electrons. The van der Waals surface area contributed by atoms with Crippen LogP contribution in [0.25, 0.3) is 0 Å². The summed E-state index contributed by atoms with van der Waals surface area (Å²) in [6.07, 6.45) is 11.4. The smallest absolute Gasteiger partial charge is 0.188 e. The summed E-state index contributed by atoms with van der Waals surface area (Å²) < 4.78 is 110. The molecule has 23 nitrogen and oxygen atoms in total. The van der Waals surface area contributed by atoms with Crippen molar-refractivity contribution in [1.82, 2.24) is 15.0 Å². The van der Waals surface area contributed by atoms with E-state index in [1.54, 1.807) is 50.6 Å². The van der Waals surface area contributed by atoms with Crippen LogP contribution < -0.4 is 14.2 Å². The highest BCUT2D eigenvalue weighted by Crippen LogP contribution is 2.17. The van der Waals surface area contributed by atoms with Crippen LogP contribution in [-0.2, 0) is 80.5 Å². The molecular formula is C59H83N3O20. The van der Waals surface area contributed by atoms with E-state index in [4.69, 9.17) is 108 Å². The van der Waals surface area contributed by atoms with Crippen LogP contribution in [0.5, 0.6) is 17.2 Å². The first-order valence-electron chi connectivity index (χ1n) is 27.0. The number of terminal acetylenes is 2. The van der Waals surface area contributed by atoms with Crippen molar-refractivity contribution in [2.45, 2.75) is 0 Å². The normalized spacial score (nSPS) is 10.9. The zero-order valence-electron chi connectivity index (χ0n) is 48.0. The average Bonchev–Trinajstić information content (AvgIpc) is 3.53. The molecule has 454 valence electrons. The second-order valence-corrected chi connectivity index (χ2v) is 16.3. The van der Waals surface area contributed by atoms with Crippen molar-refractivity contribution >= 4 is 0 Å². The minimum Gasteiger partial charge on any atom is -0.491 e. The fourth-order valence-corrected chi connectivity index (χ4v) is 6.12. The van der Waals surface area contributed by atoms with Gasteiger partial charge in [0, 0.05) is 57.7 Å². The fraction of sp³-hybridized carbons (Fsp3) is 0.610. The topological polar surface area (TPSA) is 223 Å². The minimum atomic E-state index is -0.0122. The summed E-state index contributed by atoms with van der Waals surface area (Å²) in [6, 6.07) is 9.96. The molecular weight excluding hydrogens is 1070 g/mol. The lowest BCUT2D eigenvalue weighted by Gasteiger charge is -2.09. The van der Waals surface area contributed by atoms with Crippen LogP contribution in [0.1, 0.15) is 34.2 Å². The fourth-order valence-electron chi connectivity index (χ4n) is 6.12. The highest BCUT2D eigenvalue weighted by molar-refractivity contribution is 5.48. The Balaban J connectivity index is 1.30. The molecule has 0 aliphatic carbocycles. The molecule has 0 saturated carbocycles. The Bertz CT molecular complexity index is 2130. The van der Waals surface area contributed by atoms with Gasteiger partial charge in [0.05, 0.1) is 198 Å². The number of pyridine rings is 3. The van der Waals surface area contributed by atoms with Gasteiger partial charge in [-0.25, -0.2) is 15.0 Å². The summed E-state index contributed by atoms with van der Waals surface area (Å²) >= 11 is 0. The van der Waals surface area contributed by atoms with E-state index < -0.39 is 0 Å². The number of methoxy groups -OCH3 is 3. The van der Waals surface area contributed by atoms with Crippen molar-refractivity contribution in [1.29, 1.82) is 0 Å². The number of hydrogen-bond donors (Lipinski definition) is 0. The van der Waals surface area contributed by atoms with E-state index in [9.17, 15) is 0 Å². The molecule has 0 spiro atoms. The Labute approximate surface area is 484 Å². The van der Waals surface area contributed by atoms with E-state index in [-0.39, 0.29) is 20.0 Å². The summed E-state index contributed by atoms with van der Waals surface area (Å²) in [4.78, 5) is 13.5. The van der Waals surface area contributed by atoms with Gasteiger partial charge in [-0.3, -0.25) is 0 Å². The molecule has 3 aromatic rings. The summed E-state index contributed by atoms with van der Waals surface area (Å²) in [5.74, 6) is 18.6. The standard InChI is InChI=1S/C59H83N3O20/c1-6-51-44-57(80-42-40-78-38-36-76-34-32-74-30-28-72-26-24-70-22-20-68-18-16-66-14-12-63-3)46-53(60-51)8-10-55-48-59(82-50-65-5)49-56(62-55)11-9-54-47-58(45-52(7-2)61-54)81-43-41-79-39-37-77-35-33-75-31-29-73-27-25-71-23-21-69-19-17-67-15-13-64-4/h1-2,44-49H,12-43,50H2,3-5H3. The molecule has 0 N–H and O–H groups in total. The van der Waals surface area contributed by atoms with Gasteiger partial charge in [0.2, 0.25) is 0 Å².